The van der Waals surface area contributed by atoms with E-state index in [1.165, 1.54) is 30.6 Å². The van der Waals surface area contributed by atoms with E-state index >= 15 is 0 Å². The zero-order chi connectivity index (χ0) is 18.0. The average Bonchev–Trinajstić information content (AvgIpc) is 3.22. The van der Waals surface area contributed by atoms with Crippen molar-refractivity contribution in [2.45, 2.75) is 11.4 Å². The van der Waals surface area contributed by atoms with Crippen LogP contribution in [0.4, 0.5) is 4.39 Å². The number of hydrogen-bond acceptors (Lipinski definition) is 4. The Balaban J connectivity index is 1.75. The summed E-state index contributed by atoms with van der Waals surface area (Å²) in [4.78, 5) is 12.1. The van der Waals surface area contributed by atoms with Gasteiger partial charge >= 0.3 is 0 Å². The van der Waals surface area contributed by atoms with E-state index in [2.05, 4.69) is 10.4 Å². The van der Waals surface area contributed by atoms with Gasteiger partial charge in [0.25, 0.3) is 15.9 Å². The Bertz CT molecular complexity index is 1010. The second-order valence-corrected chi connectivity index (χ2v) is 7.20. The van der Waals surface area contributed by atoms with Crippen LogP contribution in [-0.2, 0) is 23.6 Å². The number of rotatable bonds is 5. The third-order valence-electron chi connectivity index (χ3n) is 3.52. The number of aromatic nitrogens is 3. The smallest absolute Gasteiger partial charge is 0.267 e. The highest BCUT2D eigenvalue weighted by atomic mass is 32.2. The van der Waals surface area contributed by atoms with Gasteiger partial charge in [-0.25, -0.2) is 16.8 Å². The van der Waals surface area contributed by atoms with E-state index in [1.54, 1.807) is 24.0 Å². The van der Waals surface area contributed by atoms with E-state index in [1.807, 2.05) is 0 Å². The Morgan fingerprint density at radius 3 is 2.52 bits per heavy atom. The quantitative estimate of drug-likeness (QED) is 0.746. The molecule has 0 unspecified atom stereocenters. The van der Waals surface area contributed by atoms with Crippen LogP contribution in [0, 0.1) is 5.82 Å². The highest BCUT2D eigenvalue weighted by Crippen LogP contribution is 2.16. The molecular formula is C16H15FN4O3S. The summed E-state index contributed by atoms with van der Waals surface area (Å²) in [6.07, 6.45) is 4.24. The molecule has 0 radical (unpaired) electrons. The van der Waals surface area contributed by atoms with Crippen molar-refractivity contribution < 1.29 is 17.6 Å². The van der Waals surface area contributed by atoms with Crippen molar-refractivity contribution in [3.8, 4) is 0 Å². The fourth-order valence-electron chi connectivity index (χ4n) is 2.22. The maximum absolute atomic E-state index is 13.0. The van der Waals surface area contributed by atoms with E-state index < -0.39 is 21.7 Å². The highest BCUT2D eigenvalue weighted by molar-refractivity contribution is 7.90. The maximum Gasteiger partial charge on any atom is 0.267 e. The molecule has 0 fully saturated rings. The lowest BCUT2D eigenvalue weighted by Crippen LogP contribution is -2.23. The number of halogens is 1. The molecule has 2 heterocycles. The number of nitrogens with one attached hydrogen (secondary N) is 1. The van der Waals surface area contributed by atoms with Gasteiger partial charge in [-0.05, 0) is 36.4 Å². The van der Waals surface area contributed by atoms with Gasteiger partial charge in [-0.1, -0.05) is 0 Å². The van der Waals surface area contributed by atoms with E-state index in [-0.39, 0.29) is 17.0 Å². The molecule has 0 aliphatic rings. The molecule has 1 N–H and O–H groups in total. The van der Waals surface area contributed by atoms with Gasteiger partial charge in [-0.3, -0.25) is 9.48 Å². The summed E-state index contributed by atoms with van der Waals surface area (Å²) >= 11 is 0. The van der Waals surface area contributed by atoms with Crippen LogP contribution in [-0.4, -0.2) is 28.1 Å². The predicted octanol–water partition coefficient (Wildman–Crippen LogP) is 1.53. The summed E-state index contributed by atoms with van der Waals surface area (Å²) in [5.74, 6) is -0.945. The summed E-state index contributed by atoms with van der Waals surface area (Å²) < 4.78 is 40.4. The molecule has 0 aliphatic heterocycles. The van der Waals surface area contributed by atoms with Crippen molar-refractivity contribution in [1.29, 1.82) is 0 Å². The van der Waals surface area contributed by atoms with Crippen LogP contribution < -0.4 is 5.32 Å². The molecule has 1 aromatic carbocycles. The van der Waals surface area contributed by atoms with Gasteiger partial charge in [0, 0.05) is 25.6 Å². The standard InChI is InChI=1S/C16H15FN4O3S/c1-20-8-7-14(19-20)10-18-16(22)12-6-9-21(11-12)25(23,24)15-4-2-13(17)3-5-15/h2-9,11H,10H2,1H3,(H,18,22). The largest absolute Gasteiger partial charge is 0.346 e. The Morgan fingerprint density at radius 1 is 1.16 bits per heavy atom. The Labute approximate surface area is 143 Å². The van der Waals surface area contributed by atoms with Crippen molar-refractivity contribution in [3.05, 3.63) is 72.1 Å². The van der Waals surface area contributed by atoms with E-state index in [0.717, 1.165) is 16.1 Å². The van der Waals surface area contributed by atoms with Crippen LogP contribution in [0.15, 0.2) is 59.9 Å². The third-order valence-corrected chi connectivity index (χ3v) is 5.17. The number of nitrogens with zero attached hydrogens (tertiary/aromatic N) is 3. The van der Waals surface area contributed by atoms with E-state index in [0.29, 0.717) is 5.69 Å². The molecule has 0 saturated carbocycles. The molecule has 0 bridgehead atoms. The molecule has 130 valence electrons. The second kappa shape index (κ2) is 6.52. The molecule has 25 heavy (non-hydrogen) atoms. The van der Waals surface area contributed by atoms with Crippen molar-refractivity contribution in [2.24, 2.45) is 7.05 Å². The first-order valence-electron chi connectivity index (χ1n) is 7.32. The fourth-order valence-corrected chi connectivity index (χ4v) is 3.42. The summed E-state index contributed by atoms with van der Waals surface area (Å²) in [5, 5.41) is 6.81. The van der Waals surface area contributed by atoms with E-state index in [4.69, 9.17) is 0 Å². The first-order valence-corrected chi connectivity index (χ1v) is 8.76. The molecule has 0 aliphatic carbocycles. The molecule has 2 aromatic heterocycles. The average molecular weight is 362 g/mol. The zero-order valence-electron chi connectivity index (χ0n) is 13.3. The normalized spacial score (nSPS) is 11.4. The molecule has 1 amide bonds. The molecule has 9 heteroatoms. The highest BCUT2D eigenvalue weighted by Gasteiger charge is 2.18. The lowest BCUT2D eigenvalue weighted by atomic mass is 10.3. The minimum atomic E-state index is -3.88. The minimum Gasteiger partial charge on any atom is -0.346 e. The lowest BCUT2D eigenvalue weighted by molar-refractivity contribution is 0.0950. The minimum absolute atomic E-state index is 0.0649. The summed E-state index contributed by atoms with van der Waals surface area (Å²) in [5.41, 5.74) is 0.885. The van der Waals surface area contributed by atoms with Gasteiger partial charge in [-0.15, -0.1) is 0 Å². The van der Waals surface area contributed by atoms with Gasteiger partial charge in [0.15, 0.2) is 0 Å². The van der Waals surface area contributed by atoms with Crippen LogP contribution in [0.3, 0.4) is 0 Å². The summed E-state index contributed by atoms with van der Waals surface area (Å²) in [7, 11) is -2.11. The summed E-state index contributed by atoms with van der Waals surface area (Å²) in [6.45, 7) is 0.232. The third kappa shape index (κ3) is 3.61. The number of carbonyl (C=O) groups excluding carboxylic acids is 1. The SMILES string of the molecule is Cn1ccc(CNC(=O)c2ccn(S(=O)(=O)c3ccc(F)cc3)c2)n1. The van der Waals surface area contributed by atoms with Crippen molar-refractivity contribution >= 4 is 15.9 Å². The molecule has 0 saturated heterocycles. The Hall–Kier alpha value is -2.94. The van der Waals surface area contributed by atoms with Crippen LogP contribution in [0.1, 0.15) is 16.1 Å². The van der Waals surface area contributed by atoms with Gasteiger partial charge in [0.1, 0.15) is 5.82 Å². The monoisotopic (exact) mass is 362 g/mol. The van der Waals surface area contributed by atoms with Crippen LogP contribution in [0.25, 0.3) is 0 Å². The first-order chi connectivity index (χ1) is 11.9. The number of aryl methyl sites for hydroxylation is 1. The number of carbonyl (C=O) groups is 1. The predicted molar refractivity (Wildman–Crippen MR) is 87.8 cm³/mol. The van der Waals surface area contributed by atoms with Crippen LogP contribution in [0.2, 0.25) is 0 Å². The molecule has 0 atom stereocenters. The lowest BCUT2D eigenvalue weighted by Gasteiger charge is -2.05. The maximum atomic E-state index is 13.0. The van der Waals surface area contributed by atoms with Gasteiger partial charge in [0.2, 0.25) is 0 Å². The molecule has 0 spiro atoms. The Morgan fingerprint density at radius 2 is 1.88 bits per heavy atom. The zero-order valence-corrected chi connectivity index (χ0v) is 14.1. The van der Waals surface area contributed by atoms with Gasteiger partial charge in [0.05, 0.1) is 22.7 Å². The molecule has 3 rings (SSSR count). The number of amides is 1. The molecule has 7 nitrogen and oxygen atoms in total. The van der Waals surface area contributed by atoms with Gasteiger partial charge < -0.3 is 5.32 Å². The van der Waals surface area contributed by atoms with Crippen molar-refractivity contribution in [3.63, 3.8) is 0 Å². The van der Waals surface area contributed by atoms with Gasteiger partial charge in [-0.2, -0.15) is 5.10 Å². The van der Waals surface area contributed by atoms with Crippen LogP contribution >= 0.6 is 0 Å². The Kier molecular flexibility index (Phi) is 4.41. The van der Waals surface area contributed by atoms with Crippen molar-refractivity contribution in [1.82, 2.24) is 19.1 Å². The topological polar surface area (TPSA) is 86.0 Å². The van der Waals surface area contributed by atoms with E-state index in [9.17, 15) is 17.6 Å². The summed E-state index contributed by atoms with van der Waals surface area (Å²) in [6, 6.07) is 7.64. The number of hydrogen-bond donors (Lipinski definition) is 1. The second-order valence-electron chi connectivity index (χ2n) is 5.35. The number of benzene rings is 1. The molecular weight excluding hydrogens is 347 g/mol. The molecule has 3 aromatic rings. The fraction of sp³-hybridized carbons (Fsp3) is 0.125. The van der Waals surface area contributed by atoms with Crippen LogP contribution in [0.5, 0.6) is 0 Å². The first kappa shape index (κ1) is 16.9. The van der Waals surface area contributed by atoms with Crippen molar-refractivity contribution in [2.75, 3.05) is 0 Å².